The normalized spacial score (nSPS) is 17.4. The van der Waals surface area contributed by atoms with Crippen molar-refractivity contribution in [1.29, 1.82) is 0 Å². The third kappa shape index (κ3) is 3.43. The molecule has 0 aliphatic heterocycles. The van der Waals surface area contributed by atoms with Crippen LogP contribution in [0.25, 0.3) is 0 Å². The topological polar surface area (TPSA) is 98.5 Å². The summed E-state index contributed by atoms with van der Waals surface area (Å²) in [7, 11) is -2.52. The molecule has 0 spiro atoms. The second-order valence-electron chi connectivity index (χ2n) is 5.43. The van der Waals surface area contributed by atoms with E-state index in [2.05, 4.69) is 9.46 Å². The molecular weight excluding hydrogens is 328 g/mol. The van der Waals surface area contributed by atoms with Crippen LogP contribution in [0.1, 0.15) is 36.0 Å². The van der Waals surface area contributed by atoms with E-state index in [1.165, 1.54) is 25.3 Å². The maximum absolute atomic E-state index is 12.5. The van der Waals surface area contributed by atoms with Crippen LogP contribution in [0, 0.1) is 0 Å². The lowest BCUT2D eigenvalue weighted by atomic mass is 10.0. The molecule has 122 valence electrons. The maximum Gasteiger partial charge on any atom is 0.339 e. The Bertz CT molecular complexity index is 669. The lowest BCUT2D eigenvalue weighted by Crippen LogP contribution is -2.51. The van der Waals surface area contributed by atoms with Crippen molar-refractivity contribution in [1.82, 2.24) is 4.72 Å². The Kier molecular flexibility index (Phi) is 5.11. The van der Waals surface area contributed by atoms with Gasteiger partial charge in [0.2, 0.25) is 10.0 Å². The van der Waals surface area contributed by atoms with E-state index >= 15 is 0 Å². The number of carbonyl (C=O) groups is 1. The Morgan fingerprint density at radius 1 is 1.41 bits per heavy atom. The molecule has 0 heterocycles. The van der Waals surface area contributed by atoms with Crippen molar-refractivity contribution >= 4 is 27.6 Å². The molecule has 0 saturated heterocycles. The molecule has 1 aromatic carbocycles. The highest BCUT2D eigenvalue weighted by atomic mass is 35.5. The number of ether oxygens (including phenoxy) is 1. The average Bonchev–Trinajstić information content (AvgIpc) is 2.94. The fourth-order valence-electron chi connectivity index (χ4n) is 2.68. The minimum atomic E-state index is -3.75. The molecule has 0 unspecified atom stereocenters. The summed E-state index contributed by atoms with van der Waals surface area (Å²) in [5, 5.41) is 0.0305. The van der Waals surface area contributed by atoms with Crippen LogP contribution in [0.3, 0.4) is 0 Å². The first-order chi connectivity index (χ1) is 10.3. The zero-order valence-corrected chi connectivity index (χ0v) is 13.8. The number of halogens is 1. The van der Waals surface area contributed by atoms with Gasteiger partial charge in [-0.05, 0) is 31.0 Å². The fraction of sp³-hybridized carbons (Fsp3) is 0.500. The molecule has 1 aliphatic rings. The van der Waals surface area contributed by atoms with Crippen LogP contribution in [0.4, 0.5) is 0 Å². The molecule has 0 amide bonds. The summed E-state index contributed by atoms with van der Waals surface area (Å²) in [6.45, 7) is 0.250. The number of carbonyl (C=O) groups excluding carboxylic acids is 1. The predicted molar refractivity (Wildman–Crippen MR) is 83.4 cm³/mol. The van der Waals surface area contributed by atoms with E-state index in [1.54, 1.807) is 0 Å². The summed E-state index contributed by atoms with van der Waals surface area (Å²) >= 11 is 5.98. The van der Waals surface area contributed by atoms with Gasteiger partial charge in [-0.2, -0.15) is 0 Å². The van der Waals surface area contributed by atoms with E-state index in [0.29, 0.717) is 0 Å². The highest BCUT2D eigenvalue weighted by Gasteiger charge is 2.37. The minimum Gasteiger partial charge on any atom is -0.465 e. The quantitative estimate of drug-likeness (QED) is 0.790. The van der Waals surface area contributed by atoms with E-state index in [0.717, 1.165) is 25.7 Å². The fourth-order valence-corrected chi connectivity index (χ4v) is 4.50. The lowest BCUT2D eigenvalue weighted by Gasteiger charge is -2.28. The number of nitrogens with one attached hydrogen (secondary N) is 1. The number of hydrogen-bond acceptors (Lipinski definition) is 5. The lowest BCUT2D eigenvalue weighted by molar-refractivity contribution is 0.0601. The molecule has 1 fully saturated rings. The van der Waals surface area contributed by atoms with E-state index in [-0.39, 0.29) is 22.0 Å². The Hall–Kier alpha value is -1.15. The smallest absolute Gasteiger partial charge is 0.339 e. The number of esters is 1. The van der Waals surface area contributed by atoms with Gasteiger partial charge in [-0.25, -0.2) is 17.9 Å². The van der Waals surface area contributed by atoms with Crippen molar-refractivity contribution in [2.24, 2.45) is 5.73 Å². The third-order valence-electron chi connectivity index (χ3n) is 3.96. The number of hydrogen-bond donors (Lipinski definition) is 2. The molecular formula is C14H19ClN2O4S. The van der Waals surface area contributed by atoms with E-state index in [4.69, 9.17) is 17.3 Å². The molecule has 3 N–H and O–H groups in total. The standard InChI is InChI=1S/C14H19ClN2O4S/c1-21-13(18)11-5-4-10(8-12(11)15)22(19,20)17-14(9-16)6-2-3-7-14/h4-5,8,17H,2-3,6-7,9,16H2,1H3. The van der Waals surface area contributed by atoms with Gasteiger partial charge in [-0.1, -0.05) is 24.4 Å². The zero-order chi connectivity index (χ0) is 16.4. The van der Waals surface area contributed by atoms with Crippen molar-refractivity contribution in [3.05, 3.63) is 28.8 Å². The molecule has 0 radical (unpaired) electrons. The van der Waals surface area contributed by atoms with Crippen molar-refractivity contribution < 1.29 is 17.9 Å². The summed E-state index contributed by atoms with van der Waals surface area (Å²) in [5.74, 6) is -0.615. The third-order valence-corrected chi connectivity index (χ3v) is 5.85. The van der Waals surface area contributed by atoms with Crippen LogP contribution in [0.15, 0.2) is 23.1 Å². The van der Waals surface area contributed by atoms with Gasteiger partial charge in [0.05, 0.1) is 22.6 Å². The predicted octanol–water partition coefficient (Wildman–Crippen LogP) is 1.68. The van der Waals surface area contributed by atoms with Gasteiger partial charge in [0.1, 0.15) is 0 Å². The van der Waals surface area contributed by atoms with Crippen molar-refractivity contribution in [3.63, 3.8) is 0 Å². The number of nitrogens with two attached hydrogens (primary N) is 1. The number of benzene rings is 1. The van der Waals surface area contributed by atoms with Crippen LogP contribution in [0.5, 0.6) is 0 Å². The summed E-state index contributed by atoms with van der Waals surface area (Å²) in [4.78, 5) is 11.5. The molecule has 22 heavy (non-hydrogen) atoms. The SMILES string of the molecule is COC(=O)c1ccc(S(=O)(=O)NC2(CN)CCCC2)cc1Cl. The van der Waals surface area contributed by atoms with Crippen molar-refractivity contribution in [3.8, 4) is 0 Å². The first-order valence-electron chi connectivity index (χ1n) is 6.95. The van der Waals surface area contributed by atoms with Crippen molar-refractivity contribution in [2.75, 3.05) is 13.7 Å². The second-order valence-corrected chi connectivity index (χ2v) is 7.52. The monoisotopic (exact) mass is 346 g/mol. The molecule has 2 rings (SSSR count). The summed E-state index contributed by atoms with van der Waals surface area (Å²) in [5.41, 5.74) is 5.28. The van der Waals surface area contributed by atoms with Crippen LogP contribution >= 0.6 is 11.6 Å². The maximum atomic E-state index is 12.5. The molecule has 0 aromatic heterocycles. The average molecular weight is 347 g/mol. The second kappa shape index (κ2) is 6.54. The molecule has 8 heteroatoms. The highest BCUT2D eigenvalue weighted by Crippen LogP contribution is 2.31. The molecule has 0 atom stereocenters. The first-order valence-corrected chi connectivity index (χ1v) is 8.82. The van der Waals surface area contributed by atoms with Gasteiger partial charge in [-0.3, -0.25) is 0 Å². The number of sulfonamides is 1. The van der Waals surface area contributed by atoms with Gasteiger partial charge in [0, 0.05) is 12.1 Å². The Morgan fingerprint density at radius 3 is 2.55 bits per heavy atom. The largest absolute Gasteiger partial charge is 0.465 e. The molecule has 1 aliphatic carbocycles. The van der Waals surface area contributed by atoms with Gasteiger partial charge in [0.15, 0.2) is 0 Å². The van der Waals surface area contributed by atoms with Gasteiger partial charge in [0.25, 0.3) is 0 Å². The Labute approximate surface area is 135 Å². The van der Waals surface area contributed by atoms with E-state index in [1.807, 2.05) is 0 Å². The van der Waals surface area contributed by atoms with E-state index < -0.39 is 21.5 Å². The molecule has 1 saturated carbocycles. The molecule has 6 nitrogen and oxygen atoms in total. The molecule has 1 aromatic rings. The molecule has 0 bridgehead atoms. The highest BCUT2D eigenvalue weighted by molar-refractivity contribution is 7.89. The number of methoxy groups -OCH3 is 1. The van der Waals surface area contributed by atoms with Crippen molar-refractivity contribution in [2.45, 2.75) is 36.1 Å². The zero-order valence-electron chi connectivity index (χ0n) is 12.3. The van der Waals surface area contributed by atoms with Gasteiger partial charge in [-0.15, -0.1) is 0 Å². The van der Waals surface area contributed by atoms with Crippen LogP contribution in [0.2, 0.25) is 5.02 Å². The van der Waals surface area contributed by atoms with Crippen LogP contribution in [-0.4, -0.2) is 33.6 Å². The van der Waals surface area contributed by atoms with Gasteiger partial charge < -0.3 is 10.5 Å². The van der Waals surface area contributed by atoms with Gasteiger partial charge >= 0.3 is 5.97 Å². The Morgan fingerprint density at radius 2 is 2.05 bits per heavy atom. The summed E-state index contributed by atoms with van der Waals surface area (Å²) in [6, 6.07) is 3.92. The first kappa shape index (κ1) is 17.2. The summed E-state index contributed by atoms with van der Waals surface area (Å²) in [6.07, 6.45) is 3.33. The van der Waals surface area contributed by atoms with Crippen LogP contribution < -0.4 is 10.5 Å². The van der Waals surface area contributed by atoms with Crippen LogP contribution in [-0.2, 0) is 14.8 Å². The minimum absolute atomic E-state index is 0.00452. The van der Waals surface area contributed by atoms with E-state index in [9.17, 15) is 13.2 Å². The summed E-state index contributed by atoms with van der Waals surface area (Å²) < 4.78 is 32.3. The number of rotatable bonds is 5. The Balaban J connectivity index is 2.30.